The van der Waals surface area contributed by atoms with Gasteiger partial charge >= 0.3 is 0 Å². The predicted molar refractivity (Wildman–Crippen MR) is 81.1 cm³/mol. The van der Waals surface area contributed by atoms with E-state index in [9.17, 15) is 10.0 Å². The quantitative estimate of drug-likeness (QED) is 0.816. The molecule has 0 saturated carbocycles. The molecule has 6 heteroatoms. The smallest absolute Gasteiger partial charge is 0.125 e. The number of hydrogen-bond acceptors (Lipinski definition) is 6. The Balaban J connectivity index is 1.99. The summed E-state index contributed by atoms with van der Waals surface area (Å²) in [6.45, 7) is 6.88. The molecular formula is C15H22N2O4. The second-order valence-electron chi connectivity index (χ2n) is 5.79. The van der Waals surface area contributed by atoms with E-state index in [0.717, 1.165) is 18.8 Å². The Hall–Kier alpha value is -1.82. The second-order valence-corrected chi connectivity index (χ2v) is 5.79. The lowest BCUT2D eigenvalue weighted by atomic mass is 10.0. The van der Waals surface area contributed by atoms with E-state index in [-0.39, 0.29) is 5.75 Å². The van der Waals surface area contributed by atoms with E-state index < -0.39 is 5.54 Å². The molecule has 0 aromatic heterocycles. The number of nitroso groups, excluding NO2 is 1. The maximum absolute atomic E-state index is 10.6. The molecule has 0 bridgehead atoms. The lowest BCUT2D eigenvalue weighted by molar-refractivity contribution is 0.122. The van der Waals surface area contributed by atoms with Crippen molar-refractivity contribution in [1.82, 2.24) is 0 Å². The fourth-order valence-corrected chi connectivity index (χ4v) is 2.12. The summed E-state index contributed by atoms with van der Waals surface area (Å²) in [5, 5.41) is 12.9. The highest BCUT2D eigenvalue weighted by Gasteiger charge is 2.18. The number of hydrogen-bond donors (Lipinski definition) is 1. The maximum atomic E-state index is 10.6. The Bertz CT molecular complexity index is 485. The van der Waals surface area contributed by atoms with Crippen LogP contribution < -0.4 is 9.64 Å². The van der Waals surface area contributed by atoms with Crippen LogP contribution in [0.4, 0.5) is 5.69 Å². The van der Waals surface area contributed by atoms with Gasteiger partial charge in [0.1, 0.15) is 17.0 Å². The van der Waals surface area contributed by atoms with Crippen LogP contribution in [0.25, 0.3) is 0 Å². The summed E-state index contributed by atoms with van der Waals surface area (Å²) in [5.41, 5.74) is 0.283. The number of phenols is 1. The zero-order chi connectivity index (χ0) is 15.3. The van der Waals surface area contributed by atoms with E-state index >= 15 is 0 Å². The molecule has 0 spiro atoms. The predicted octanol–water partition coefficient (Wildman–Crippen LogP) is 2.54. The van der Waals surface area contributed by atoms with E-state index in [1.54, 1.807) is 26.0 Å². The number of nitrogens with zero attached hydrogens (tertiary/aromatic N) is 2. The van der Waals surface area contributed by atoms with Crippen molar-refractivity contribution in [2.45, 2.75) is 25.8 Å². The molecule has 0 atom stereocenters. The zero-order valence-corrected chi connectivity index (χ0v) is 12.5. The van der Waals surface area contributed by atoms with E-state index in [1.807, 2.05) is 6.07 Å². The molecule has 0 amide bonds. The summed E-state index contributed by atoms with van der Waals surface area (Å²) >= 11 is 0. The Morgan fingerprint density at radius 2 is 2.05 bits per heavy atom. The summed E-state index contributed by atoms with van der Waals surface area (Å²) in [4.78, 5) is 12.8. The normalized spacial score (nSPS) is 15.8. The van der Waals surface area contributed by atoms with Crippen LogP contribution in [0, 0.1) is 4.91 Å². The standard InChI is InChI=1S/C15H22N2O4/c1-15(2,16-19)3-6-21-14-10-12(9-13(18)11-14)17-4-7-20-8-5-17/h9-11,18H,3-8H2,1-2H3. The van der Waals surface area contributed by atoms with Gasteiger partial charge in [0, 0.05) is 43.4 Å². The van der Waals surface area contributed by atoms with Crippen LogP contribution in [0.5, 0.6) is 11.5 Å². The third kappa shape index (κ3) is 4.60. The highest BCUT2D eigenvalue weighted by atomic mass is 16.5. The van der Waals surface area contributed by atoms with Crippen molar-refractivity contribution < 1.29 is 14.6 Å². The number of anilines is 1. The van der Waals surface area contributed by atoms with Crippen molar-refractivity contribution in [3.05, 3.63) is 23.1 Å². The van der Waals surface area contributed by atoms with Crippen molar-refractivity contribution in [2.24, 2.45) is 5.18 Å². The molecule has 1 fully saturated rings. The molecule has 1 heterocycles. The van der Waals surface area contributed by atoms with Gasteiger partial charge in [0.25, 0.3) is 0 Å². The Labute approximate surface area is 124 Å². The van der Waals surface area contributed by atoms with Gasteiger partial charge in [0.05, 0.1) is 19.8 Å². The summed E-state index contributed by atoms with van der Waals surface area (Å²) < 4.78 is 11.0. The van der Waals surface area contributed by atoms with E-state index in [0.29, 0.717) is 32.0 Å². The average molecular weight is 294 g/mol. The van der Waals surface area contributed by atoms with Gasteiger partial charge in [-0.15, -0.1) is 0 Å². The molecule has 21 heavy (non-hydrogen) atoms. The Kier molecular flexibility index (Phi) is 5.01. The van der Waals surface area contributed by atoms with Crippen LogP contribution in [-0.4, -0.2) is 43.6 Å². The molecule has 6 nitrogen and oxygen atoms in total. The fraction of sp³-hybridized carbons (Fsp3) is 0.600. The van der Waals surface area contributed by atoms with Crippen molar-refractivity contribution in [1.29, 1.82) is 0 Å². The van der Waals surface area contributed by atoms with Gasteiger partial charge < -0.3 is 19.5 Å². The van der Waals surface area contributed by atoms with E-state index in [4.69, 9.17) is 9.47 Å². The summed E-state index contributed by atoms with van der Waals surface area (Å²) in [7, 11) is 0. The number of benzene rings is 1. The van der Waals surface area contributed by atoms with E-state index in [2.05, 4.69) is 10.1 Å². The average Bonchev–Trinajstić information content (AvgIpc) is 2.47. The first-order valence-electron chi connectivity index (χ1n) is 7.14. The van der Waals surface area contributed by atoms with Crippen molar-refractivity contribution in [3.63, 3.8) is 0 Å². The lowest BCUT2D eigenvalue weighted by Gasteiger charge is -2.29. The van der Waals surface area contributed by atoms with Gasteiger partial charge in [0.15, 0.2) is 0 Å². The number of rotatable bonds is 6. The minimum absolute atomic E-state index is 0.168. The zero-order valence-electron chi connectivity index (χ0n) is 12.5. The molecule has 0 aliphatic carbocycles. The molecule has 1 aromatic carbocycles. The first-order valence-corrected chi connectivity index (χ1v) is 7.14. The van der Waals surface area contributed by atoms with Gasteiger partial charge in [-0.2, -0.15) is 4.91 Å². The van der Waals surface area contributed by atoms with Gasteiger partial charge in [-0.1, -0.05) is 5.18 Å². The SMILES string of the molecule is CC(C)(CCOc1cc(O)cc(N2CCOCC2)c1)N=O. The van der Waals surface area contributed by atoms with Gasteiger partial charge in [-0.3, -0.25) is 0 Å². The molecule has 1 saturated heterocycles. The number of phenolic OH excluding ortho intramolecular Hbond substituents is 1. The molecule has 116 valence electrons. The summed E-state index contributed by atoms with van der Waals surface area (Å²) in [6.07, 6.45) is 0.527. The molecule has 0 unspecified atom stereocenters. The van der Waals surface area contributed by atoms with Crippen LogP contribution in [0.1, 0.15) is 20.3 Å². The maximum Gasteiger partial charge on any atom is 0.125 e. The van der Waals surface area contributed by atoms with Crippen LogP contribution in [0.15, 0.2) is 23.4 Å². The third-order valence-electron chi connectivity index (χ3n) is 3.48. The van der Waals surface area contributed by atoms with Crippen LogP contribution in [0.2, 0.25) is 0 Å². The van der Waals surface area contributed by atoms with Crippen molar-refractivity contribution >= 4 is 5.69 Å². The molecular weight excluding hydrogens is 272 g/mol. The summed E-state index contributed by atoms with van der Waals surface area (Å²) in [5.74, 6) is 0.764. The molecule has 1 N–H and O–H groups in total. The largest absolute Gasteiger partial charge is 0.508 e. The Morgan fingerprint density at radius 1 is 1.33 bits per heavy atom. The monoisotopic (exact) mass is 294 g/mol. The first-order chi connectivity index (χ1) is 10.00. The van der Waals surface area contributed by atoms with Crippen molar-refractivity contribution in [3.8, 4) is 11.5 Å². The van der Waals surface area contributed by atoms with Gasteiger partial charge in [-0.05, 0) is 13.8 Å². The highest BCUT2D eigenvalue weighted by molar-refractivity contribution is 5.55. The summed E-state index contributed by atoms with van der Waals surface area (Å²) in [6, 6.07) is 5.19. The lowest BCUT2D eigenvalue weighted by Crippen LogP contribution is -2.36. The molecule has 0 radical (unpaired) electrons. The van der Waals surface area contributed by atoms with Crippen LogP contribution >= 0.6 is 0 Å². The van der Waals surface area contributed by atoms with Crippen LogP contribution in [0.3, 0.4) is 0 Å². The number of ether oxygens (including phenoxy) is 2. The third-order valence-corrected chi connectivity index (χ3v) is 3.48. The number of morpholine rings is 1. The topological polar surface area (TPSA) is 71.4 Å². The Morgan fingerprint density at radius 3 is 2.71 bits per heavy atom. The molecule has 2 rings (SSSR count). The van der Waals surface area contributed by atoms with Crippen molar-refractivity contribution in [2.75, 3.05) is 37.8 Å². The minimum Gasteiger partial charge on any atom is -0.508 e. The highest BCUT2D eigenvalue weighted by Crippen LogP contribution is 2.29. The second kappa shape index (κ2) is 6.76. The van der Waals surface area contributed by atoms with Gasteiger partial charge in [0.2, 0.25) is 0 Å². The van der Waals surface area contributed by atoms with Crippen LogP contribution in [-0.2, 0) is 4.74 Å². The number of aromatic hydroxyl groups is 1. The minimum atomic E-state index is -0.635. The van der Waals surface area contributed by atoms with Gasteiger partial charge in [-0.25, -0.2) is 0 Å². The first kappa shape index (κ1) is 15.6. The van der Waals surface area contributed by atoms with E-state index in [1.165, 1.54) is 0 Å². The molecule has 1 aromatic rings. The fourth-order valence-electron chi connectivity index (χ4n) is 2.12. The molecule has 1 aliphatic rings. The molecule has 1 aliphatic heterocycles.